The molecule has 5 heteroatoms. The summed E-state index contributed by atoms with van der Waals surface area (Å²) in [6, 6.07) is 12.4. The van der Waals surface area contributed by atoms with Crippen LogP contribution < -0.4 is 5.73 Å². The molecular weight excluding hydrogens is 355 g/mol. The van der Waals surface area contributed by atoms with Crippen molar-refractivity contribution in [2.45, 2.75) is 12.6 Å². The number of hydrogen-bond acceptors (Lipinski definition) is 2. The van der Waals surface area contributed by atoms with Gasteiger partial charge in [-0.25, -0.2) is 4.39 Å². The van der Waals surface area contributed by atoms with Crippen LogP contribution in [0.15, 0.2) is 46.9 Å². The molecule has 1 unspecified atom stereocenters. The van der Waals surface area contributed by atoms with Crippen LogP contribution in [0.3, 0.4) is 0 Å². The van der Waals surface area contributed by atoms with E-state index in [1.165, 1.54) is 6.07 Å². The first-order valence-electron chi connectivity index (χ1n) is 6.61. The van der Waals surface area contributed by atoms with Crippen molar-refractivity contribution < 1.29 is 4.39 Å². The summed E-state index contributed by atoms with van der Waals surface area (Å²) in [6.07, 6.45) is 0. The van der Waals surface area contributed by atoms with Crippen LogP contribution in [0.5, 0.6) is 0 Å². The van der Waals surface area contributed by atoms with Crippen molar-refractivity contribution in [1.29, 1.82) is 0 Å². The SMILES string of the molecule is CN(Cc1cccc(F)c1)C(CN)c1ccc(Cl)c(Br)c1. The number of hydrogen-bond donors (Lipinski definition) is 1. The van der Waals surface area contributed by atoms with Gasteiger partial charge in [-0.3, -0.25) is 4.90 Å². The lowest BCUT2D eigenvalue weighted by Crippen LogP contribution is -2.30. The molecule has 2 aromatic rings. The summed E-state index contributed by atoms with van der Waals surface area (Å²) >= 11 is 9.45. The molecular formula is C16H17BrClFN2. The molecule has 0 aliphatic carbocycles. The minimum absolute atomic E-state index is 0.0434. The topological polar surface area (TPSA) is 29.3 Å². The molecule has 0 amide bonds. The van der Waals surface area contributed by atoms with Crippen LogP contribution in [0, 0.1) is 5.82 Å². The zero-order valence-corrected chi connectivity index (χ0v) is 14.0. The Labute approximate surface area is 137 Å². The monoisotopic (exact) mass is 370 g/mol. The molecule has 112 valence electrons. The number of rotatable bonds is 5. The summed E-state index contributed by atoms with van der Waals surface area (Å²) in [4.78, 5) is 2.10. The third-order valence-electron chi connectivity index (χ3n) is 3.40. The molecule has 2 rings (SSSR count). The molecule has 0 fully saturated rings. The third kappa shape index (κ3) is 4.27. The zero-order valence-electron chi connectivity index (χ0n) is 11.7. The van der Waals surface area contributed by atoms with Gasteiger partial charge in [-0.15, -0.1) is 0 Å². The molecule has 1 atom stereocenters. The summed E-state index contributed by atoms with van der Waals surface area (Å²) in [5.41, 5.74) is 7.91. The Hall–Kier alpha value is -0.940. The number of benzene rings is 2. The van der Waals surface area contributed by atoms with Crippen LogP contribution >= 0.6 is 27.5 Å². The van der Waals surface area contributed by atoms with Crippen LogP contribution in [0.1, 0.15) is 17.2 Å². The van der Waals surface area contributed by atoms with E-state index in [2.05, 4.69) is 20.8 Å². The van der Waals surface area contributed by atoms with Crippen molar-refractivity contribution in [2.75, 3.05) is 13.6 Å². The number of nitrogens with two attached hydrogens (primary N) is 1. The number of nitrogens with zero attached hydrogens (tertiary/aromatic N) is 1. The van der Waals surface area contributed by atoms with E-state index in [1.807, 2.05) is 31.3 Å². The van der Waals surface area contributed by atoms with Gasteiger partial charge in [-0.05, 0) is 58.4 Å². The Morgan fingerprint density at radius 3 is 2.67 bits per heavy atom. The fraction of sp³-hybridized carbons (Fsp3) is 0.250. The van der Waals surface area contributed by atoms with E-state index in [-0.39, 0.29) is 11.9 Å². The fourth-order valence-electron chi connectivity index (χ4n) is 2.32. The van der Waals surface area contributed by atoms with E-state index in [9.17, 15) is 4.39 Å². The van der Waals surface area contributed by atoms with E-state index < -0.39 is 0 Å². The highest BCUT2D eigenvalue weighted by Crippen LogP contribution is 2.28. The Kier molecular flexibility index (Phi) is 5.76. The minimum Gasteiger partial charge on any atom is -0.329 e. The number of halogens is 3. The van der Waals surface area contributed by atoms with Gasteiger partial charge < -0.3 is 5.73 Å². The van der Waals surface area contributed by atoms with Crippen molar-refractivity contribution in [1.82, 2.24) is 4.90 Å². The maximum Gasteiger partial charge on any atom is 0.123 e. The van der Waals surface area contributed by atoms with Crippen molar-refractivity contribution in [2.24, 2.45) is 5.73 Å². The van der Waals surface area contributed by atoms with E-state index in [0.717, 1.165) is 15.6 Å². The van der Waals surface area contributed by atoms with Crippen molar-refractivity contribution >= 4 is 27.5 Å². The van der Waals surface area contributed by atoms with Gasteiger partial charge in [0.05, 0.1) is 5.02 Å². The molecule has 2 aromatic carbocycles. The highest BCUT2D eigenvalue weighted by molar-refractivity contribution is 9.10. The van der Waals surface area contributed by atoms with Gasteiger partial charge in [-0.2, -0.15) is 0 Å². The average molecular weight is 372 g/mol. The Bertz CT molecular complexity index is 621. The molecule has 0 saturated carbocycles. The maximum absolute atomic E-state index is 13.3. The largest absolute Gasteiger partial charge is 0.329 e. The van der Waals surface area contributed by atoms with Crippen LogP contribution in [-0.4, -0.2) is 18.5 Å². The quantitative estimate of drug-likeness (QED) is 0.845. The lowest BCUT2D eigenvalue weighted by atomic mass is 10.0. The highest BCUT2D eigenvalue weighted by Gasteiger charge is 2.16. The molecule has 0 bridgehead atoms. The second-order valence-electron chi connectivity index (χ2n) is 4.97. The van der Waals surface area contributed by atoms with Gasteiger partial charge in [0.2, 0.25) is 0 Å². The Balaban J connectivity index is 2.18. The predicted molar refractivity (Wildman–Crippen MR) is 88.8 cm³/mol. The van der Waals surface area contributed by atoms with Crippen molar-refractivity contribution in [3.8, 4) is 0 Å². The van der Waals surface area contributed by atoms with Gasteiger partial charge >= 0.3 is 0 Å². The van der Waals surface area contributed by atoms with Crippen LogP contribution in [-0.2, 0) is 6.54 Å². The minimum atomic E-state index is -0.223. The summed E-state index contributed by atoms with van der Waals surface area (Å²) < 4.78 is 14.1. The van der Waals surface area contributed by atoms with Gasteiger partial charge in [-0.1, -0.05) is 29.8 Å². The summed E-state index contributed by atoms with van der Waals surface area (Å²) in [5.74, 6) is -0.223. The maximum atomic E-state index is 13.3. The van der Waals surface area contributed by atoms with Crippen LogP contribution in [0.4, 0.5) is 4.39 Å². The number of likely N-dealkylation sites (N-methyl/N-ethyl adjacent to an activating group) is 1. The second kappa shape index (κ2) is 7.36. The molecule has 0 aliphatic heterocycles. The molecule has 0 spiro atoms. The lowest BCUT2D eigenvalue weighted by molar-refractivity contribution is 0.241. The molecule has 0 heterocycles. The zero-order chi connectivity index (χ0) is 15.4. The molecule has 2 nitrogen and oxygen atoms in total. The predicted octanol–water partition coefficient (Wildman–Crippen LogP) is 4.37. The smallest absolute Gasteiger partial charge is 0.123 e. The van der Waals surface area contributed by atoms with Crippen LogP contribution in [0.25, 0.3) is 0 Å². The van der Waals surface area contributed by atoms with E-state index >= 15 is 0 Å². The average Bonchev–Trinajstić information content (AvgIpc) is 2.43. The molecule has 2 N–H and O–H groups in total. The Morgan fingerprint density at radius 2 is 2.05 bits per heavy atom. The molecule has 0 aliphatic rings. The van der Waals surface area contributed by atoms with Crippen LogP contribution in [0.2, 0.25) is 5.02 Å². The van der Waals surface area contributed by atoms with E-state index in [0.29, 0.717) is 18.1 Å². The standard InChI is InChI=1S/C16H17BrClFN2/c1-21(10-11-3-2-4-13(19)7-11)16(9-20)12-5-6-15(18)14(17)8-12/h2-8,16H,9-10,20H2,1H3. The Morgan fingerprint density at radius 1 is 1.29 bits per heavy atom. The van der Waals surface area contributed by atoms with Crippen molar-refractivity contribution in [3.05, 3.63) is 68.9 Å². The highest BCUT2D eigenvalue weighted by atomic mass is 79.9. The summed E-state index contributed by atoms with van der Waals surface area (Å²) in [6.45, 7) is 1.10. The van der Waals surface area contributed by atoms with Gasteiger partial charge in [0.1, 0.15) is 5.82 Å². The first kappa shape index (κ1) is 16.4. The summed E-state index contributed by atoms with van der Waals surface area (Å²) in [7, 11) is 1.98. The fourth-order valence-corrected chi connectivity index (χ4v) is 2.84. The lowest BCUT2D eigenvalue weighted by Gasteiger charge is -2.27. The van der Waals surface area contributed by atoms with Crippen molar-refractivity contribution in [3.63, 3.8) is 0 Å². The molecule has 0 aromatic heterocycles. The van der Waals surface area contributed by atoms with Gasteiger partial charge in [0.15, 0.2) is 0 Å². The second-order valence-corrected chi connectivity index (χ2v) is 6.23. The normalized spacial score (nSPS) is 12.7. The molecule has 0 radical (unpaired) electrons. The third-order valence-corrected chi connectivity index (χ3v) is 4.62. The first-order valence-corrected chi connectivity index (χ1v) is 7.78. The molecule has 0 saturated heterocycles. The van der Waals surface area contributed by atoms with E-state index in [1.54, 1.807) is 12.1 Å². The summed E-state index contributed by atoms with van der Waals surface area (Å²) in [5, 5.41) is 0.669. The van der Waals surface area contributed by atoms with Gasteiger partial charge in [0.25, 0.3) is 0 Å². The first-order chi connectivity index (χ1) is 10.0. The van der Waals surface area contributed by atoms with E-state index in [4.69, 9.17) is 17.3 Å². The molecule has 21 heavy (non-hydrogen) atoms. The van der Waals surface area contributed by atoms with Gasteiger partial charge in [0, 0.05) is 23.6 Å².